The van der Waals surface area contributed by atoms with Crippen molar-refractivity contribution in [3.63, 3.8) is 0 Å². The van der Waals surface area contributed by atoms with Crippen LogP contribution in [0, 0.1) is 0 Å². The predicted molar refractivity (Wildman–Crippen MR) is 123 cm³/mol. The molecule has 0 bridgehead atoms. The summed E-state index contributed by atoms with van der Waals surface area (Å²) in [5, 5.41) is 0. The minimum Gasteiger partial charge on any atom is -0.361 e. The number of hydrogen-bond acceptors (Lipinski definition) is 0. The fraction of sp³-hybridized carbons (Fsp3) is 0.286. The number of fused-ring (bicyclic) bond motifs is 3. The normalized spacial score (nSPS) is 14.6. The highest BCUT2D eigenvalue weighted by Gasteiger charge is 2.32. The molecule has 0 amide bonds. The summed E-state index contributed by atoms with van der Waals surface area (Å²) in [5.41, 5.74) is 13.4. The summed E-state index contributed by atoms with van der Waals surface area (Å²) in [6.45, 7) is 4.63. The molecule has 5 rings (SSSR count). The Morgan fingerprint density at radius 2 is 1.62 bits per heavy atom. The molecule has 0 unspecified atom stereocenters. The Morgan fingerprint density at radius 1 is 0.862 bits per heavy atom. The van der Waals surface area contributed by atoms with E-state index < -0.39 is 0 Å². The van der Waals surface area contributed by atoms with Crippen molar-refractivity contribution in [2.24, 2.45) is 0 Å². The van der Waals surface area contributed by atoms with Gasteiger partial charge in [-0.2, -0.15) is 0 Å². The summed E-state index contributed by atoms with van der Waals surface area (Å²) < 4.78 is 0. The van der Waals surface area contributed by atoms with Crippen molar-refractivity contribution in [2.45, 2.75) is 51.9 Å². The van der Waals surface area contributed by atoms with Crippen molar-refractivity contribution in [1.82, 2.24) is 4.98 Å². The number of aromatic nitrogens is 1. The summed E-state index contributed by atoms with van der Waals surface area (Å²) in [4.78, 5) is 3.54. The van der Waals surface area contributed by atoms with Crippen LogP contribution in [-0.2, 0) is 19.3 Å². The molecule has 0 spiro atoms. The second kappa shape index (κ2) is 7.55. The van der Waals surface area contributed by atoms with Crippen molar-refractivity contribution in [2.75, 3.05) is 0 Å². The molecular formula is C28H29N. The molecule has 1 heterocycles. The fourth-order valence-electron chi connectivity index (χ4n) is 5.39. The van der Waals surface area contributed by atoms with Crippen LogP contribution in [0.4, 0.5) is 0 Å². The maximum Gasteiger partial charge on any atom is 0.0459 e. The van der Waals surface area contributed by atoms with E-state index in [1.54, 1.807) is 16.7 Å². The summed E-state index contributed by atoms with van der Waals surface area (Å²) >= 11 is 0. The number of benzene rings is 2. The van der Waals surface area contributed by atoms with Crippen molar-refractivity contribution >= 4 is 0 Å². The monoisotopic (exact) mass is 379 g/mol. The molecule has 0 saturated heterocycles. The SMILES string of the molecule is CCCc1c(CCC)c(C2C=CC=C2)c2c(c1-c1ccc[nH]1)Cc1ccccc1-2. The zero-order valence-electron chi connectivity index (χ0n) is 17.5. The van der Waals surface area contributed by atoms with Gasteiger partial charge < -0.3 is 4.98 Å². The first-order chi connectivity index (χ1) is 14.3. The van der Waals surface area contributed by atoms with E-state index in [1.807, 2.05) is 0 Å². The average Bonchev–Trinajstić information content (AvgIpc) is 3.49. The van der Waals surface area contributed by atoms with Gasteiger partial charge in [-0.05, 0) is 70.3 Å². The first-order valence-corrected chi connectivity index (χ1v) is 11.1. The standard InChI is InChI=1S/C28H29N/c1-3-10-22-23(11-4-2)27(25-16-9-17-29-25)24-18-20-14-7-8-15-21(20)28(24)26(22)19-12-5-6-13-19/h5-9,12-17,19,29H,3-4,10-11,18H2,1-2H3. The van der Waals surface area contributed by atoms with Crippen LogP contribution >= 0.6 is 0 Å². The van der Waals surface area contributed by atoms with E-state index in [9.17, 15) is 0 Å². The Labute approximate surface area is 174 Å². The number of hydrogen-bond donors (Lipinski definition) is 1. The molecule has 0 atom stereocenters. The molecule has 0 saturated carbocycles. The Kier molecular flexibility index (Phi) is 4.75. The maximum absolute atomic E-state index is 3.54. The van der Waals surface area contributed by atoms with Crippen LogP contribution in [0.2, 0.25) is 0 Å². The molecule has 1 heteroatoms. The van der Waals surface area contributed by atoms with Gasteiger partial charge in [0.1, 0.15) is 0 Å². The van der Waals surface area contributed by atoms with E-state index in [2.05, 4.69) is 85.7 Å². The molecule has 2 aliphatic rings. The van der Waals surface area contributed by atoms with Crippen LogP contribution in [0.3, 0.4) is 0 Å². The van der Waals surface area contributed by atoms with Crippen LogP contribution in [-0.4, -0.2) is 4.98 Å². The smallest absolute Gasteiger partial charge is 0.0459 e. The first-order valence-electron chi connectivity index (χ1n) is 11.1. The van der Waals surface area contributed by atoms with Crippen LogP contribution in [0.5, 0.6) is 0 Å². The molecular weight excluding hydrogens is 350 g/mol. The van der Waals surface area contributed by atoms with Gasteiger partial charge in [-0.3, -0.25) is 0 Å². The van der Waals surface area contributed by atoms with Crippen LogP contribution < -0.4 is 0 Å². The molecule has 146 valence electrons. The van der Waals surface area contributed by atoms with Gasteiger partial charge in [0.05, 0.1) is 0 Å². The van der Waals surface area contributed by atoms with Crippen molar-refractivity contribution in [3.05, 3.63) is 94.7 Å². The van der Waals surface area contributed by atoms with E-state index in [0.717, 1.165) is 19.3 Å². The van der Waals surface area contributed by atoms with Gasteiger partial charge in [0.2, 0.25) is 0 Å². The number of H-pyrrole nitrogens is 1. The summed E-state index contributed by atoms with van der Waals surface area (Å²) in [7, 11) is 0. The van der Waals surface area contributed by atoms with Gasteiger partial charge in [0.15, 0.2) is 0 Å². The number of allylic oxidation sites excluding steroid dienone is 4. The van der Waals surface area contributed by atoms with Crippen LogP contribution in [0.1, 0.15) is 60.4 Å². The Morgan fingerprint density at radius 3 is 2.34 bits per heavy atom. The highest BCUT2D eigenvalue weighted by atomic mass is 14.7. The molecule has 2 aliphatic carbocycles. The molecule has 0 fully saturated rings. The van der Waals surface area contributed by atoms with Gasteiger partial charge in [0, 0.05) is 23.4 Å². The molecule has 0 aliphatic heterocycles. The minimum atomic E-state index is 0.393. The lowest BCUT2D eigenvalue weighted by Crippen LogP contribution is -2.09. The lowest BCUT2D eigenvalue weighted by atomic mass is 9.78. The third kappa shape index (κ3) is 2.92. The van der Waals surface area contributed by atoms with E-state index in [4.69, 9.17) is 0 Å². The molecule has 0 radical (unpaired) electrons. The summed E-state index contributed by atoms with van der Waals surface area (Å²) in [5.74, 6) is 0.393. The van der Waals surface area contributed by atoms with Gasteiger partial charge in [-0.15, -0.1) is 0 Å². The Balaban J connectivity index is 1.91. The topological polar surface area (TPSA) is 15.8 Å². The average molecular weight is 380 g/mol. The number of rotatable bonds is 6. The summed E-state index contributed by atoms with van der Waals surface area (Å²) in [6, 6.07) is 13.4. The summed E-state index contributed by atoms with van der Waals surface area (Å²) in [6.07, 6.45) is 16.9. The van der Waals surface area contributed by atoms with E-state index in [1.165, 1.54) is 46.4 Å². The van der Waals surface area contributed by atoms with Crippen LogP contribution in [0.15, 0.2) is 66.9 Å². The molecule has 1 aromatic heterocycles. The van der Waals surface area contributed by atoms with Gasteiger partial charge in [0.25, 0.3) is 0 Å². The van der Waals surface area contributed by atoms with Crippen molar-refractivity contribution in [3.8, 4) is 22.4 Å². The van der Waals surface area contributed by atoms with E-state index >= 15 is 0 Å². The molecule has 1 N–H and O–H groups in total. The van der Waals surface area contributed by atoms with Gasteiger partial charge in [-0.25, -0.2) is 0 Å². The van der Waals surface area contributed by atoms with Crippen molar-refractivity contribution < 1.29 is 0 Å². The first kappa shape index (κ1) is 18.2. The number of nitrogens with one attached hydrogen (secondary N) is 1. The van der Waals surface area contributed by atoms with Crippen molar-refractivity contribution in [1.29, 1.82) is 0 Å². The quantitative estimate of drug-likeness (QED) is 0.360. The maximum atomic E-state index is 3.54. The molecule has 1 nitrogen and oxygen atoms in total. The minimum absolute atomic E-state index is 0.393. The predicted octanol–water partition coefficient (Wildman–Crippen LogP) is 7.37. The second-order valence-corrected chi connectivity index (χ2v) is 8.31. The van der Waals surface area contributed by atoms with Crippen LogP contribution in [0.25, 0.3) is 22.4 Å². The third-order valence-corrected chi connectivity index (χ3v) is 6.47. The van der Waals surface area contributed by atoms with Gasteiger partial charge in [-0.1, -0.05) is 75.3 Å². The zero-order chi connectivity index (χ0) is 19.8. The highest BCUT2D eigenvalue weighted by molar-refractivity contribution is 5.90. The fourth-order valence-corrected chi connectivity index (χ4v) is 5.39. The third-order valence-electron chi connectivity index (χ3n) is 6.47. The Bertz CT molecular complexity index is 1080. The lowest BCUT2D eigenvalue weighted by molar-refractivity contribution is 0.842. The second-order valence-electron chi connectivity index (χ2n) is 8.31. The molecule has 3 aromatic rings. The van der Waals surface area contributed by atoms with Gasteiger partial charge >= 0.3 is 0 Å². The highest BCUT2D eigenvalue weighted by Crippen LogP contribution is 2.50. The number of aromatic amines is 1. The lowest BCUT2D eigenvalue weighted by Gasteiger charge is -2.26. The molecule has 2 aromatic carbocycles. The van der Waals surface area contributed by atoms with E-state index in [-0.39, 0.29) is 0 Å². The zero-order valence-corrected chi connectivity index (χ0v) is 17.5. The largest absolute Gasteiger partial charge is 0.361 e. The van der Waals surface area contributed by atoms with E-state index in [0.29, 0.717) is 5.92 Å². The molecule has 29 heavy (non-hydrogen) atoms. The Hall–Kier alpha value is -2.80.